The molecule has 0 fully saturated rings. The van der Waals surface area contributed by atoms with Gasteiger partial charge in [-0.15, -0.1) is 11.6 Å². The van der Waals surface area contributed by atoms with Crippen molar-refractivity contribution in [2.24, 2.45) is 0 Å². The van der Waals surface area contributed by atoms with Gasteiger partial charge in [0.1, 0.15) is 0 Å². The van der Waals surface area contributed by atoms with Crippen molar-refractivity contribution in [2.45, 2.75) is 46.3 Å². The predicted molar refractivity (Wildman–Crippen MR) is 75.6 cm³/mol. The Bertz CT molecular complexity index is 358. The van der Waals surface area contributed by atoms with Crippen LogP contribution in [0.4, 0.5) is 5.95 Å². The highest BCUT2D eigenvalue weighted by Crippen LogP contribution is 2.16. The van der Waals surface area contributed by atoms with Gasteiger partial charge in [-0.3, -0.25) is 0 Å². The van der Waals surface area contributed by atoms with E-state index < -0.39 is 0 Å². The number of anilines is 1. The van der Waals surface area contributed by atoms with E-state index >= 15 is 0 Å². The van der Waals surface area contributed by atoms with Crippen molar-refractivity contribution in [1.29, 1.82) is 0 Å². The summed E-state index contributed by atoms with van der Waals surface area (Å²) >= 11 is 5.75. The molecule has 5 heteroatoms. The summed E-state index contributed by atoms with van der Waals surface area (Å²) in [5.74, 6) is 1.96. The Kier molecular flexibility index (Phi) is 6.19. The second-order valence-corrected chi connectivity index (χ2v) is 5.07. The quantitative estimate of drug-likeness (QED) is 0.714. The van der Waals surface area contributed by atoms with Gasteiger partial charge in [-0.2, -0.15) is 4.98 Å². The van der Waals surface area contributed by atoms with Crippen LogP contribution in [0.5, 0.6) is 5.88 Å². The van der Waals surface area contributed by atoms with Gasteiger partial charge in [0.05, 0.1) is 6.10 Å². The highest BCUT2D eigenvalue weighted by molar-refractivity contribution is 6.17. The zero-order chi connectivity index (χ0) is 13.5. The summed E-state index contributed by atoms with van der Waals surface area (Å²) in [6, 6.07) is 2.12. The van der Waals surface area contributed by atoms with Crippen LogP contribution in [0.1, 0.15) is 34.1 Å². The lowest BCUT2D eigenvalue weighted by molar-refractivity contribution is 0.232. The summed E-state index contributed by atoms with van der Waals surface area (Å²) in [5.41, 5.74) is 0. The van der Waals surface area contributed by atoms with Crippen LogP contribution in [0.3, 0.4) is 0 Å². The molecule has 1 rings (SSSR count). The summed E-state index contributed by atoms with van der Waals surface area (Å²) < 4.78 is 5.59. The fourth-order valence-corrected chi connectivity index (χ4v) is 1.72. The summed E-state index contributed by atoms with van der Waals surface area (Å²) in [5, 5.41) is 0. The lowest BCUT2D eigenvalue weighted by atomic mass is 10.3. The van der Waals surface area contributed by atoms with Crippen LogP contribution in [0.15, 0.2) is 12.3 Å². The third kappa shape index (κ3) is 4.69. The minimum absolute atomic E-state index is 0.114. The number of nitrogens with zero attached hydrogens (tertiary/aromatic N) is 3. The highest BCUT2D eigenvalue weighted by atomic mass is 35.5. The number of rotatable bonds is 7. The second kappa shape index (κ2) is 7.41. The maximum atomic E-state index is 5.75. The van der Waals surface area contributed by atoms with Crippen LogP contribution < -0.4 is 9.64 Å². The first kappa shape index (κ1) is 15.0. The average molecular weight is 272 g/mol. The predicted octanol–water partition coefficient (Wildman–Crippen LogP) is 3.11. The number of hydrogen-bond acceptors (Lipinski definition) is 4. The molecule has 18 heavy (non-hydrogen) atoms. The molecule has 0 spiro atoms. The zero-order valence-electron chi connectivity index (χ0n) is 11.6. The molecule has 4 nitrogen and oxygen atoms in total. The van der Waals surface area contributed by atoms with Crippen molar-refractivity contribution < 1.29 is 4.74 Å². The molecule has 0 saturated carbocycles. The molecular weight excluding hydrogens is 250 g/mol. The van der Waals surface area contributed by atoms with E-state index in [0.29, 0.717) is 23.8 Å². The molecule has 0 aromatic carbocycles. The fraction of sp³-hybridized carbons (Fsp3) is 0.692. The second-order valence-electron chi connectivity index (χ2n) is 4.69. The maximum Gasteiger partial charge on any atom is 0.228 e. The molecule has 0 unspecified atom stereocenters. The summed E-state index contributed by atoms with van der Waals surface area (Å²) in [6.07, 6.45) is 2.76. The van der Waals surface area contributed by atoms with Gasteiger partial charge in [0.2, 0.25) is 11.8 Å². The number of aromatic nitrogens is 2. The zero-order valence-corrected chi connectivity index (χ0v) is 12.3. The molecule has 0 saturated heterocycles. The van der Waals surface area contributed by atoms with E-state index in [1.54, 1.807) is 12.3 Å². The highest BCUT2D eigenvalue weighted by Gasteiger charge is 2.14. The van der Waals surface area contributed by atoms with Crippen LogP contribution in [-0.2, 0) is 0 Å². The maximum absolute atomic E-state index is 5.75. The normalized spacial score (nSPS) is 11.1. The number of hydrogen-bond donors (Lipinski definition) is 0. The standard InChI is InChI=1S/C13H22ClN3O/c1-10(2)17(9-5-7-14)13-15-8-6-12(16-13)18-11(3)4/h6,8,10-11H,5,7,9H2,1-4H3. The molecular formula is C13H22ClN3O. The van der Waals surface area contributed by atoms with Gasteiger partial charge in [0.15, 0.2) is 0 Å². The van der Waals surface area contributed by atoms with Crippen LogP contribution in [-0.4, -0.2) is 34.5 Å². The molecule has 0 N–H and O–H groups in total. The lowest BCUT2D eigenvalue weighted by Crippen LogP contribution is -2.33. The third-order valence-corrected chi connectivity index (χ3v) is 2.65. The van der Waals surface area contributed by atoms with Gasteiger partial charge in [-0.25, -0.2) is 4.98 Å². The van der Waals surface area contributed by atoms with Gasteiger partial charge >= 0.3 is 0 Å². The van der Waals surface area contributed by atoms with Gasteiger partial charge in [-0.05, 0) is 34.1 Å². The molecule has 1 aromatic rings. The first-order valence-electron chi connectivity index (χ1n) is 6.37. The molecule has 0 aliphatic rings. The Balaban J connectivity index is 2.83. The summed E-state index contributed by atoms with van der Waals surface area (Å²) in [7, 11) is 0. The largest absolute Gasteiger partial charge is 0.475 e. The number of halogens is 1. The fourth-order valence-electron chi connectivity index (χ4n) is 1.60. The van der Waals surface area contributed by atoms with E-state index in [1.165, 1.54) is 0 Å². The van der Waals surface area contributed by atoms with Crippen molar-refractivity contribution in [1.82, 2.24) is 9.97 Å². The molecule has 1 heterocycles. The lowest BCUT2D eigenvalue weighted by Gasteiger charge is -2.26. The van der Waals surface area contributed by atoms with Gasteiger partial charge in [0, 0.05) is 30.7 Å². The van der Waals surface area contributed by atoms with Crippen molar-refractivity contribution in [3.8, 4) is 5.88 Å². The number of ether oxygens (including phenoxy) is 1. The summed E-state index contributed by atoms with van der Waals surface area (Å²) in [4.78, 5) is 10.9. The molecule has 1 aromatic heterocycles. The molecule has 0 bridgehead atoms. The Labute approximate surface area is 114 Å². The Morgan fingerprint density at radius 2 is 2.06 bits per heavy atom. The van der Waals surface area contributed by atoms with Crippen LogP contribution in [0.25, 0.3) is 0 Å². The van der Waals surface area contributed by atoms with E-state index in [4.69, 9.17) is 16.3 Å². The molecule has 0 radical (unpaired) electrons. The van der Waals surface area contributed by atoms with Crippen molar-refractivity contribution >= 4 is 17.5 Å². The monoisotopic (exact) mass is 271 g/mol. The minimum Gasteiger partial charge on any atom is -0.475 e. The van der Waals surface area contributed by atoms with Crippen molar-refractivity contribution in [2.75, 3.05) is 17.3 Å². The topological polar surface area (TPSA) is 38.2 Å². The van der Waals surface area contributed by atoms with Crippen LogP contribution in [0.2, 0.25) is 0 Å². The smallest absolute Gasteiger partial charge is 0.228 e. The average Bonchev–Trinajstić information content (AvgIpc) is 2.28. The number of alkyl halides is 1. The summed E-state index contributed by atoms with van der Waals surface area (Å²) in [6.45, 7) is 9.05. The third-order valence-electron chi connectivity index (χ3n) is 2.39. The van der Waals surface area contributed by atoms with E-state index in [-0.39, 0.29) is 6.10 Å². The van der Waals surface area contributed by atoms with E-state index in [1.807, 2.05) is 13.8 Å². The van der Waals surface area contributed by atoms with Gasteiger partial charge in [-0.1, -0.05) is 0 Å². The SMILES string of the molecule is CC(C)Oc1ccnc(N(CCCCl)C(C)C)n1. The van der Waals surface area contributed by atoms with E-state index in [0.717, 1.165) is 13.0 Å². The van der Waals surface area contributed by atoms with E-state index in [2.05, 4.69) is 28.7 Å². The van der Waals surface area contributed by atoms with Crippen molar-refractivity contribution in [3.05, 3.63) is 12.3 Å². The van der Waals surface area contributed by atoms with Crippen LogP contribution in [0, 0.1) is 0 Å². The minimum atomic E-state index is 0.114. The molecule has 102 valence electrons. The first-order valence-corrected chi connectivity index (χ1v) is 6.90. The van der Waals surface area contributed by atoms with Crippen molar-refractivity contribution in [3.63, 3.8) is 0 Å². The Morgan fingerprint density at radius 3 is 2.61 bits per heavy atom. The van der Waals surface area contributed by atoms with E-state index in [9.17, 15) is 0 Å². The molecule has 0 aliphatic heterocycles. The van der Waals surface area contributed by atoms with Crippen LogP contribution >= 0.6 is 11.6 Å². The molecule has 0 amide bonds. The molecule has 0 aliphatic carbocycles. The van der Waals surface area contributed by atoms with Gasteiger partial charge < -0.3 is 9.64 Å². The molecule has 0 atom stereocenters. The first-order chi connectivity index (χ1) is 8.54. The Hall–Kier alpha value is -1.03. The van der Waals surface area contributed by atoms with Gasteiger partial charge in [0.25, 0.3) is 0 Å². The Morgan fingerprint density at radius 1 is 1.33 bits per heavy atom.